The summed E-state index contributed by atoms with van der Waals surface area (Å²) in [7, 11) is 0. The Morgan fingerprint density at radius 2 is 1.93 bits per heavy atom. The lowest BCUT2D eigenvalue weighted by atomic mass is 10.1. The maximum absolute atomic E-state index is 12.3. The number of aromatic nitrogens is 2. The number of ether oxygens (including phenoxy) is 1. The molecule has 0 aliphatic carbocycles. The number of benzene rings is 1. The maximum Gasteiger partial charge on any atom is 0.270 e. The van der Waals surface area contributed by atoms with Crippen molar-refractivity contribution in [2.24, 2.45) is 0 Å². The predicted octanol–water partition coefficient (Wildman–Crippen LogP) is 1.85. The quantitative estimate of drug-likeness (QED) is 0.717. The largest absolute Gasteiger partial charge is 0.379 e. The van der Waals surface area contributed by atoms with Crippen molar-refractivity contribution in [3.05, 3.63) is 52.9 Å². The van der Waals surface area contributed by atoms with Gasteiger partial charge in [0.25, 0.3) is 5.91 Å². The molecule has 144 valence electrons. The normalized spacial score (nSPS) is 14.7. The Kier molecular flexibility index (Phi) is 7.38. The lowest BCUT2D eigenvalue weighted by molar-refractivity contribution is 0.0398. The molecule has 2 aromatic rings. The highest BCUT2D eigenvalue weighted by molar-refractivity contribution is 6.30. The van der Waals surface area contributed by atoms with Crippen LogP contribution in [0.5, 0.6) is 0 Å². The van der Waals surface area contributed by atoms with Gasteiger partial charge in [0.15, 0.2) is 0 Å². The van der Waals surface area contributed by atoms with E-state index >= 15 is 0 Å². The van der Waals surface area contributed by atoms with Crippen molar-refractivity contribution in [1.29, 1.82) is 0 Å². The van der Waals surface area contributed by atoms with Gasteiger partial charge in [0.1, 0.15) is 17.8 Å². The van der Waals surface area contributed by atoms with E-state index in [1.165, 1.54) is 6.33 Å². The van der Waals surface area contributed by atoms with Gasteiger partial charge in [0.05, 0.1) is 13.2 Å². The Bertz CT molecular complexity index is 735. The standard InChI is InChI=1S/C19H24ClN5O2/c20-16-3-1-15(2-4-16)5-6-22-19(26)17-13-18(24-14-23-17)21-7-8-25-9-11-27-12-10-25/h1-4,13-14H,5-12H2,(H,22,26)(H,21,23,24). The van der Waals surface area contributed by atoms with Crippen LogP contribution in [0.15, 0.2) is 36.7 Å². The van der Waals surface area contributed by atoms with E-state index in [1.807, 2.05) is 24.3 Å². The SMILES string of the molecule is O=C(NCCc1ccc(Cl)cc1)c1cc(NCCN2CCOCC2)ncn1. The second-order valence-electron chi connectivity index (χ2n) is 6.30. The molecule has 7 nitrogen and oxygen atoms in total. The smallest absolute Gasteiger partial charge is 0.270 e. The zero-order valence-corrected chi connectivity index (χ0v) is 15.9. The van der Waals surface area contributed by atoms with Crippen molar-refractivity contribution in [1.82, 2.24) is 20.2 Å². The van der Waals surface area contributed by atoms with Crippen molar-refractivity contribution < 1.29 is 9.53 Å². The van der Waals surface area contributed by atoms with Crippen molar-refractivity contribution in [2.75, 3.05) is 51.3 Å². The second-order valence-corrected chi connectivity index (χ2v) is 6.74. The summed E-state index contributed by atoms with van der Waals surface area (Å²) < 4.78 is 5.34. The van der Waals surface area contributed by atoms with E-state index in [2.05, 4.69) is 25.5 Å². The average Bonchev–Trinajstić information content (AvgIpc) is 2.70. The zero-order chi connectivity index (χ0) is 18.9. The number of nitrogens with zero attached hydrogens (tertiary/aromatic N) is 3. The van der Waals surface area contributed by atoms with Crippen LogP contribution < -0.4 is 10.6 Å². The second kappa shape index (κ2) is 10.2. The van der Waals surface area contributed by atoms with Crippen LogP contribution in [-0.2, 0) is 11.2 Å². The molecule has 0 atom stereocenters. The molecule has 3 rings (SSSR count). The van der Waals surface area contributed by atoms with Crippen LogP contribution in [0.3, 0.4) is 0 Å². The fourth-order valence-electron chi connectivity index (χ4n) is 2.81. The summed E-state index contributed by atoms with van der Waals surface area (Å²) in [6.07, 6.45) is 2.14. The molecule has 27 heavy (non-hydrogen) atoms. The molecule has 1 fully saturated rings. The van der Waals surface area contributed by atoms with Crippen LogP contribution in [0.2, 0.25) is 5.02 Å². The topological polar surface area (TPSA) is 79.4 Å². The third-order valence-electron chi connectivity index (χ3n) is 4.35. The molecular weight excluding hydrogens is 366 g/mol. The number of hydrogen-bond donors (Lipinski definition) is 2. The Hall–Kier alpha value is -2.22. The van der Waals surface area contributed by atoms with Gasteiger partial charge in [-0.3, -0.25) is 9.69 Å². The summed E-state index contributed by atoms with van der Waals surface area (Å²) in [6.45, 7) is 5.68. The lowest BCUT2D eigenvalue weighted by Gasteiger charge is -2.26. The molecule has 1 aliphatic heterocycles. The van der Waals surface area contributed by atoms with Gasteiger partial charge in [-0.2, -0.15) is 0 Å². The molecule has 1 amide bonds. The van der Waals surface area contributed by atoms with Crippen LogP contribution in [0, 0.1) is 0 Å². The van der Waals surface area contributed by atoms with Crippen molar-refractivity contribution in [2.45, 2.75) is 6.42 Å². The number of carbonyl (C=O) groups is 1. The predicted molar refractivity (Wildman–Crippen MR) is 105 cm³/mol. The van der Waals surface area contributed by atoms with Crippen molar-refractivity contribution in [3.8, 4) is 0 Å². The van der Waals surface area contributed by atoms with Crippen LogP contribution in [0.1, 0.15) is 16.1 Å². The molecule has 1 aliphatic rings. The monoisotopic (exact) mass is 389 g/mol. The number of amides is 1. The van der Waals surface area contributed by atoms with Gasteiger partial charge in [-0.25, -0.2) is 9.97 Å². The van der Waals surface area contributed by atoms with Crippen LogP contribution in [-0.4, -0.2) is 66.7 Å². The molecule has 1 saturated heterocycles. The van der Waals surface area contributed by atoms with Gasteiger partial charge in [0.2, 0.25) is 0 Å². The molecule has 0 saturated carbocycles. The van der Waals surface area contributed by atoms with E-state index in [0.717, 1.165) is 51.4 Å². The Morgan fingerprint density at radius 3 is 2.70 bits per heavy atom. The highest BCUT2D eigenvalue weighted by Gasteiger charge is 2.11. The van der Waals surface area contributed by atoms with Gasteiger partial charge in [-0.15, -0.1) is 0 Å². The van der Waals surface area contributed by atoms with E-state index in [9.17, 15) is 4.79 Å². The molecule has 2 N–H and O–H groups in total. The molecular formula is C19H24ClN5O2. The summed E-state index contributed by atoms with van der Waals surface area (Å²) in [4.78, 5) is 22.9. The van der Waals surface area contributed by atoms with Gasteiger partial charge in [-0.1, -0.05) is 23.7 Å². The Labute approximate surface area is 164 Å². The molecule has 0 radical (unpaired) electrons. The number of morpholine rings is 1. The number of anilines is 1. The molecule has 8 heteroatoms. The molecule has 0 bridgehead atoms. The van der Waals surface area contributed by atoms with Gasteiger partial charge in [0, 0.05) is 43.8 Å². The Morgan fingerprint density at radius 1 is 1.15 bits per heavy atom. The summed E-state index contributed by atoms with van der Waals surface area (Å²) in [5.41, 5.74) is 1.47. The molecule has 0 unspecified atom stereocenters. The highest BCUT2D eigenvalue weighted by Crippen LogP contribution is 2.10. The minimum Gasteiger partial charge on any atom is -0.379 e. The summed E-state index contributed by atoms with van der Waals surface area (Å²) in [6, 6.07) is 9.28. The maximum atomic E-state index is 12.3. The fourth-order valence-corrected chi connectivity index (χ4v) is 2.93. The van der Waals surface area contributed by atoms with E-state index < -0.39 is 0 Å². The van der Waals surface area contributed by atoms with E-state index in [4.69, 9.17) is 16.3 Å². The first-order valence-corrected chi connectivity index (χ1v) is 9.47. The minimum absolute atomic E-state index is 0.206. The van der Waals surface area contributed by atoms with Gasteiger partial charge in [-0.05, 0) is 24.1 Å². The molecule has 0 spiro atoms. The number of carbonyl (C=O) groups excluding carboxylic acids is 1. The van der Waals surface area contributed by atoms with Crippen molar-refractivity contribution >= 4 is 23.3 Å². The first-order valence-electron chi connectivity index (χ1n) is 9.09. The number of nitrogens with one attached hydrogen (secondary N) is 2. The Balaban J connectivity index is 1.42. The van der Waals surface area contributed by atoms with E-state index in [0.29, 0.717) is 23.1 Å². The molecule has 1 aromatic carbocycles. The van der Waals surface area contributed by atoms with E-state index in [-0.39, 0.29) is 5.91 Å². The van der Waals surface area contributed by atoms with Gasteiger partial charge >= 0.3 is 0 Å². The fraction of sp³-hybridized carbons (Fsp3) is 0.421. The number of hydrogen-bond acceptors (Lipinski definition) is 6. The lowest BCUT2D eigenvalue weighted by Crippen LogP contribution is -2.39. The molecule has 1 aromatic heterocycles. The summed E-state index contributed by atoms with van der Waals surface area (Å²) in [5.74, 6) is 0.448. The highest BCUT2D eigenvalue weighted by atomic mass is 35.5. The third kappa shape index (κ3) is 6.46. The average molecular weight is 390 g/mol. The summed E-state index contributed by atoms with van der Waals surface area (Å²) >= 11 is 5.87. The van der Waals surface area contributed by atoms with E-state index in [1.54, 1.807) is 6.07 Å². The van der Waals surface area contributed by atoms with Crippen LogP contribution in [0.4, 0.5) is 5.82 Å². The minimum atomic E-state index is -0.206. The van der Waals surface area contributed by atoms with Crippen LogP contribution in [0.25, 0.3) is 0 Å². The van der Waals surface area contributed by atoms with Crippen molar-refractivity contribution in [3.63, 3.8) is 0 Å². The summed E-state index contributed by atoms with van der Waals surface area (Å²) in [5, 5.41) is 6.84. The molecule has 2 heterocycles. The van der Waals surface area contributed by atoms with Gasteiger partial charge < -0.3 is 15.4 Å². The number of halogens is 1. The number of rotatable bonds is 8. The zero-order valence-electron chi connectivity index (χ0n) is 15.2. The van der Waals surface area contributed by atoms with Crippen LogP contribution >= 0.6 is 11.6 Å². The third-order valence-corrected chi connectivity index (χ3v) is 4.60. The first kappa shape index (κ1) is 19.5. The first-order chi connectivity index (χ1) is 13.2.